The van der Waals surface area contributed by atoms with Crippen LogP contribution in [0.3, 0.4) is 0 Å². The molecule has 1 fully saturated rings. The number of ether oxygens (including phenoxy) is 1. The number of carbonyl (C=O) groups excluding carboxylic acids is 1. The zero-order valence-electron chi connectivity index (χ0n) is 14.3. The number of benzene rings is 1. The number of halogens is 1. The number of aromatic nitrogens is 2. The Balaban J connectivity index is 1.42. The van der Waals surface area contributed by atoms with Gasteiger partial charge in [-0.2, -0.15) is 5.10 Å². The van der Waals surface area contributed by atoms with Gasteiger partial charge in [0, 0.05) is 30.8 Å². The smallest absolute Gasteiger partial charge is 0.274 e. The van der Waals surface area contributed by atoms with Crippen LogP contribution < -0.4 is 0 Å². The third-order valence-corrected chi connectivity index (χ3v) is 5.23. The van der Waals surface area contributed by atoms with E-state index in [0.29, 0.717) is 36.9 Å². The average molecular weight is 343 g/mol. The van der Waals surface area contributed by atoms with Gasteiger partial charge in [-0.3, -0.25) is 9.89 Å². The highest BCUT2D eigenvalue weighted by molar-refractivity contribution is 5.94. The summed E-state index contributed by atoms with van der Waals surface area (Å²) in [6.07, 6.45) is 2.50. The van der Waals surface area contributed by atoms with E-state index in [1.54, 1.807) is 13.0 Å². The number of amides is 1. The van der Waals surface area contributed by atoms with Crippen LogP contribution in [-0.2, 0) is 24.2 Å². The first-order valence-corrected chi connectivity index (χ1v) is 8.80. The van der Waals surface area contributed by atoms with E-state index in [-0.39, 0.29) is 11.7 Å². The Morgan fingerprint density at radius 2 is 2.36 bits per heavy atom. The molecule has 0 bridgehead atoms. The van der Waals surface area contributed by atoms with Crippen molar-refractivity contribution in [3.05, 3.63) is 52.1 Å². The summed E-state index contributed by atoms with van der Waals surface area (Å²) in [5, 5.41) is 7.20. The van der Waals surface area contributed by atoms with E-state index in [4.69, 9.17) is 4.74 Å². The van der Waals surface area contributed by atoms with E-state index in [0.717, 1.165) is 42.6 Å². The molecule has 132 valence electrons. The number of nitrogens with one attached hydrogen (secondary N) is 1. The molecule has 0 saturated carbocycles. The lowest BCUT2D eigenvalue weighted by atomic mass is 9.98. The maximum Gasteiger partial charge on any atom is 0.274 e. The van der Waals surface area contributed by atoms with Crippen molar-refractivity contribution >= 4 is 5.91 Å². The van der Waals surface area contributed by atoms with Crippen LogP contribution >= 0.6 is 0 Å². The average Bonchev–Trinajstić information content (AvgIpc) is 3.24. The minimum atomic E-state index is -0.161. The Hall–Kier alpha value is -2.21. The van der Waals surface area contributed by atoms with Crippen LogP contribution in [0.2, 0.25) is 0 Å². The Bertz CT molecular complexity index is 802. The van der Waals surface area contributed by atoms with E-state index >= 15 is 0 Å². The topological polar surface area (TPSA) is 58.2 Å². The van der Waals surface area contributed by atoms with Crippen LogP contribution in [0.15, 0.2) is 18.2 Å². The summed E-state index contributed by atoms with van der Waals surface area (Å²) in [6.45, 7) is 4.30. The molecule has 1 saturated heterocycles. The van der Waals surface area contributed by atoms with Gasteiger partial charge in [0.2, 0.25) is 0 Å². The van der Waals surface area contributed by atoms with Gasteiger partial charge in [-0.1, -0.05) is 12.1 Å². The van der Waals surface area contributed by atoms with Crippen molar-refractivity contribution in [3.63, 3.8) is 0 Å². The second-order valence-corrected chi connectivity index (χ2v) is 7.03. The van der Waals surface area contributed by atoms with Crippen LogP contribution in [0.4, 0.5) is 4.39 Å². The Labute approximate surface area is 146 Å². The maximum absolute atomic E-state index is 13.7. The molecule has 6 heteroatoms. The zero-order valence-corrected chi connectivity index (χ0v) is 14.3. The van der Waals surface area contributed by atoms with Gasteiger partial charge >= 0.3 is 0 Å². The van der Waals surface area contributed by atoms with Crippen molar-refractivity contribution in [1.29, 1.82) is 0 Å². The first-order valence-electron chi connectivity index (χ1n) is 8.80. The normalized spacial score (nSPS) is 19.9. The number of hydrogen-bond acceptors (Lipinski definition) is 3. The second kappa shape index (κ2) is 6.59. The summed E-state index contributed by atoms with van der Waals surface area (Å²) in [6, 6.07) is 5.41. The standard InChI is InChI=1S/C19H22FN3O2/c1-12-2-3-13(9-16(12)20)8-14-4-6-23(10-14)19(24)18-15-11-25-7-5-17(15)21-22-18/h2-3,9,14H,4-8,10-11H2,1H3,(H,21,22). The van der Waals surface area contributed by atoms with Crippen LogP contribution in [0, 0.1) is 18.7 Å². The summed E-state index contributed by atoms with van der Waals surface area (Å²) in [7, 11) is 0. The van der Waals surface area contributed by atoms with Crippen molar-refractivity contribution < 1.29 is 13.9 Å². The number of aryl methyl sites for hydroxylation is 1. The number of carbonyl (C=O) groups is 1. The van der Waals surface area contributed by atoms with Crippen molar-refractivity contribution in [2.45, 2.75) is 32.8 Å². The molecule has 1 atom stereocenters. The van der Waals surface area contributed by atoms with E-state index in [1.807, 2.05) is 17.0 Å². The monoisotopic (exact) mass is 343 g/mol. The molecule has 3 heterocycles. The third kappa shape index (κ3) is 3.18. The molecule has 1 N–H and O–H groups in total. The maximum atomic E-state index is 13.7. The van der Waals surface area contributed by atoms with Gasteiger partial charge < -0.3 is 9.64 Å². The fourth-order valence-electron chi connectivity index (χ4n) is 3.72. The Morgan fingerprint density at radius 1 is 1.48 bits per heavy atom. The van der Waals surface area contributed by atoms with Gasteiger partial charge in [0.1, 0.15) is 5.82 Å². The van der Waals surface area contributed by atoms with E-state index in [2.05, 4.69) is 10.2 Å². The largest absolute Gasteiger partial charge is 0.376 e. The quantitative estimate of drug-likeness (QED) is 0.932. The Kier molecular flexibility index (Phi) is 4.29. The van der Waals surface area contributed by atoms with Gasteiger partial charge in [0.25, 0.3) is 5.91 Å². The van der Waals surface area contributed by atoms with Crippen molar-refractivity contribution in [2.75, 3.05) is 19.7 Å². The van der Waals surface area contributed by atoms with Crippen LogP contribution in [-0.4, -0.2) is 40.7 Å². The molecule has 0 radical (unpaired) electrons. The van der Waals surface area contributed by atoms with Crippen LogP contribution in [0.5, 0.6) is 0 Å². The molecule has 1 amide bonds. The van der Waals surface area contributed by atoms with E-state index in [1.165, 1.54) is 0 Å². The molecule has 1 aromatic carbocycles. The van der Waals surface area contributed by atoms with Crippen molar-refractivity contribution in [3.8, 4) is 0 Å². The van der Waals surface area contributed by atoms with Gasteiger partial charge in [-0.15, -0.1) is 0 Å². The lowest BCUT2D eigenvalue weighted by Gasteiger charge is -2.17. The van der Waals surface area contributed by atoms with E-state index in [9.17, 15) is 9.18 Å². The summed E-state index contributed by atoms with van der Waals surface area (Å²) < 4.78 is 19.2. The highest BCUT2D eigenvalue weighted by atomic mass is 19.1. The third-order valence-electron chi connectivity index (χ3n) is 5.23. The summed E-state index contributed by atoms with van der Waals surface area (Å²) >= 11 is 0. The molecule has 2 aliphatic rings. The molecule has 2 aromatic rings. The molecule has 0 spiro atoms. The number of aromatic amines is 1. The second-order valence-electron chi connectivity index (χ2n) is 7.03. The molecule has 1 aromatic heterocycles. The Morgan fingerprint density at radius 3 is 3.20 bits per heavy atom. The van der Waals surface area contributed by atoms with Crippen LogP contribution in [0.25, 0.3) is 0 Å². The number of H-pyrrole nitrogens is 1. The van der Waals surface area contributed by atoms with Gasteiger partial charge in [-0.05, 0) is 42.9 Å². The predicted molar refractivity (Wildman–Crippen MR) is 90.8 cm³/mol. The highest BCUT2D eigenvalue weighted by Gasteiger charge is 2.31. The zero-order chi connectivity index (χ0) is 17.4. The van der Waals surface area contributed by atoms with Crippen molar-refractivity contribution in [1.82, 2.24) is 15.1 Å². The summed E-state index contributed by atoms with van der Waals surface area (Å²) in [4.78, 5) is 14.7. The fourth-order valence-corrected chi connectivity index (χ4v) is 3.72. The highest BCUT2D eigenvalue weighted by Crippen LogP contribution is 2.25. The SMILES string of the molecule is Cc1ccc(CC2CCN(C(=O)c3n[nH]c4c3COCC4)C2)cc1F. The van der Waals surface area contributed by atoms with Crippen LogP contribution in [0.1, 0.15) is 39.3 Å². The fraction of sp³-hybridized carbons (Fsp3) is 0.474. The lowest BCUT2D eigenvalue weighted by molar-refractivity contribution is 0.0766. The first-order chi connectivity index (χ1) is 12.1. The van der Waals surface area contributed by atoms with Crippen molar-refractivity contribution in [2.24, 2.45) is 5.92 Å². The van der Waals surface area contributed by atoms with Gasteiger partial charge in [0.15, 0.2) is 5.69 Å². The number of likely N-dealkylation sites (tertiary alicyclic amines) is 1. The number of hydrogen-bond donors (Lipinski definition) is 1. The first kappa shape index (κ1) is 16.3. The summed E-state index contributed by atoms with van der Waals surface area (Å²) in [5.74, 6) is 0.171. The number of fused-ring (bicyclic) bond motifs is 1. The molecular formula is C19H22FN3O2. The molecule has 5 nitrogen and oxygen atoms in total. The minimum absolute atomic E-state index is 0.0272. The molecule has 0 aliphatic carbocycles. The summed E-state index contributed by atoms with van der Waals surface area (Å²) in [5.41, 5.74) is 4.07. The van der Waals surface area contributed by atoms with Gasteiger partial charge in [0.05, 0.1) is 13.2 Å². The van der Waals surface area contributed by atoms with E-state index < -0.39 is 0 Å². The molecule has 2 aliphatic heterocycles. The van der Waals surface area contributed by atoms with Gasteiger partial charge in [-0.25, -0.2) is 4.39 Å². The number of nitrogens with zero attached hydrogens (tertiary/aromatic N) is 2. The molecule has 4 rings (SSSR count). The number of rotatable bonds is 3. The minimum Gasteiger partial charge on any atom is -0.376 e. The predicted octanol–water partition coefficient (Wildman–Crippen LogP) is 2.63. The molecular weight excluding hydrogens is 321 g/mol. The lowest BCUT2D eigenvalue weighted by Crippen LogP contribution is -2.30. The molecule has 1 unspecified atom stereocenters. The molecule has 25 heavy (non-hydrogen) atoms.